The van der Waals surface area contributed by atoms with Crippen LogP contribution >= 0.6 is 11.3 Å². The van der Waals surface area contributed by atoms with Gasteiger partial charge in [0, 0.05) is 13.1 Å². The highest BCUT2D eigenvalue weighted by atomic mass is 32.1. The number of aromatic nitrogens is 1. The number of rotatable bonds is 1. The van der Waals surface area contributed by atoms with Crippen molar-refractivity contribution in [3.05, 3.63) is 10.6 Å². The number of aryl methyl sites for hydroxylation is 1. The Kier molecular flexibility index (Phi) is 2.86. The highest BCUT2D eigenvalue weighted by Gasteiger charge is 2.25. The minimum atomic E-state index is -0.250. The van der Waals surface area contributed by atoms with Crippen LogP contribution in [0.15, 0.2) is 0 Å². The number of thiazole rings is 1. The fourth-order valence-corrected chi connectivity index (χ4v) is 3.79. The van der Waals surface area contributed by atoms with Crippen molar-refractivity contribution in [3.8, 4) is 0 Å². The van der Waals surface area contributed by atoms with Gasteiger partial charge in [-0.15, -0.1) is 0 Å². The van der Waals surface area contributed by atoms with Crippen molar-refractivity contribution in [2.45, 2.75) is 44.6 Å². The van der Waals surface area contributed by atoms with Crippen LogP contribution in [0.2, 0.25) is 0 Å². The number of nitrogens with zero attached hydrogens (tertiary/aromatic N) is 2. The van der Waals surface area contributed by atoms with Gasteiger partial charge in [-0.25, -0.2) is 4.98 Å². The normalized spacial score (nSPS) is 25.6. The lowest BCUT2D eigenvalue weighted by Crippen LogP contribution is -2.29. The monoisotopic (exact) mass is 238 g/mol. The Hall–Kier alpha value is -0.610. The van der Waals surface area contributed by atoms with E-state index in [1.165, 1.54) is 19.3 Å². The molecule has 0 radical (unpaired) electrons. The standard InChI is InChI=1S/C12H18N2OS/c15-10-6-4-5-9-11(10)16-12(13-9)14-7-2-1-3-8-14/h10,15H,1-8H2. The molecule has 1 aromatic rings. The van der Waals surface area contributed by atoms with E-state index >= 15 is 0 Å². The third-order valence-corrected chi connectivity index (χ3v) is 4.80. The fourth-order valence-electron chi connectivity index (χ4n) is 2.60. The Labute approximate surface area is 100 Å². The zero-order valence-corrected chi connectivity index (χ0v) is 10.3. The second kappa shape index (κ2) is 4.34. The number of anilines is 1. The van der Waals surface area contributed by atoms with Crippen molar-refractivity contribution < 1.29 is 5.11 Å². The molecule has 0 bridgehead atoms. The van der Waals surface area contributed by atoms with E-state index in [4.69, 9.17) is 4.98 Å². The summed E-state index contributed by atoms with van der Waals surface area (Å²) in [5.41, 5.74) is 1.16. The molecule has 1 unspecified atom stereocenters. The van der Waals surface area contributed by atoms with Gasteiger partial charge in [-0.05, 0) is 38.5 Å². The second-order valence-corrected chi connectivity index (χ2v) is 5.77. The highest BCUT2D eigenvalue weighted by Crippen LogP contribution is 2.37. The van der Waals surface area contributed by atoms with Gasteiger partial charge in [-0.1, -0.05) is 11.3 Å². The smallest absolute Gasteiger partial charge is 0.185 e. The van der Waals surface area contributed by atoms with Gasteiger partial charge in [0.05, 0.1) is 16.7 Å². The third-order valence-electron chi connectivity index (χ3n) is 3.54. The summed E-state index contributed by atoms with van der Waals surface area (Å²) in [6.07, 6.45) is 6.71. The molecule has 0 aromatic carbocycles. The quantitative estimate of drug-likeness (QED) is 0.816. The molecule has 1 saturated heterocycles. The first-order chi connectivity index (χ1) is 7.84. The Morgan fingerprint density at radius 2 is 2.00 bits per heavy atom. The van der Waals surface area contributed by atoms with Crippen molar-refractivity contribution in [2.24, 2.45) is 0 Å². The van der Waals surface area contributed by atoms with Gasteiger partial charge in [-0.2, -0.15) is 0 Å². The predicted octanol–water partition coefficient (Wildman–Crippen LogP) is 2.50. The molecule has 1 aromatic heterocycles. The minimum Gasteiger partial charge on any atom is -0.388 e. The number of hydrogen-bond donors (Lipinski definition) is 1. The molecular weight excluding hydrogens is 220 g/mol. The van der Waals surface area contributed by atoms with Gasteiger partial charge in [0.15, 0.2) is 5.13 Å². The van der Waals surface area contributed by atoms with Crippen LogP contribution in [0.4, 0.5) is 5.13 Å². The summed E-state index contributed by atoms with van der Waals surface area (Å²) in [6, 6.07) is 0. The van der Waals surface area contributed by atoms with Crippen LogP contribution in [0.5, 0.6) is 0 Å². The van der Waals surface area contributed by atoms with Gasteiger partial charge in [0.25, 0.3) is 0 Å². The lowest BCUT2D eigenvalue weighted by atomic mass is 10.0. The molecule has 0 saturated carbocycles. The summed E-state index contributed by atoms with van der Waals surface area (Å²) in [6.45, 7) is 2.28. The Morgan fingerprint density at radius 1 is 1.19 bits per heavy atom. The molecule has 1 atom stereocenters. The summed E-state index contributed by atoms with van der Waals surface area (Å²) >= 11 is 1.71. The van der Waals surface area contributed by atoms with Crippen molar-refractivity contribution in [1.29, 1.82) is 0 Å². The van der Waals surface area contributed by atoms with Crippen LogP contribution in [-0.2, 0) is 6.42 Å². The molecule has 16 heavy (non-hydrogen) atoms. The molecule has 0 amide bonds. The van der Waals surface area contributed by atoms with Crippen LogP contribution in [0.25, 0.3) is 0 Å². The van der Waals surface area contributed by atoms with E-state index in [-0.39, 0.29) is 6.10 Å². The van der Waals surface area contributed by atoms with Gasteiger partial charge in [0.2, 0.25) is 0 Å². The molecule has 1 aliphatic heterocycles. The molecule has 88 valence electrons. The van der Waals surface area contributed by atoms with Crippen LogP contribution < -0.4 is 4.90 Å². The average molecular weight is 238 g/mol. The number of aliphatic hydroxyl groups is 1. The van der Waals surface area contributed by atoms with Gasteiger partial charge in [-0.3, -0.25) is 0 Å². The SMILES string of the molecule is OC1CCCc2nc(N3CCCCC3)sc21. The molecule has 1 aliphatic carbocycles. The largest absolute Gasteiger partial charge is 0.388 e. The maximum absolute atomic E-state index is 9.92. The van der Waals surface area contributed by atoms with E-state index in [0.717, 1.165) is 48.1 Å². The van der Waals surface area contributed by atoms with Crippen LogP contribution in [0, 0.1) is 0 Å². The molecule has 3 rings (SSSR count). The fraction of sp³-hybridized carbons (Fsp3) is 0.750. The van der Waals surface area contributed by atoms with Gasteiger partial charge in [0.1, 0.15) is 0 Å². The van der Waals surface area contributed by atoms with Crippen molar-refractivity contribution in [1.82, 2.24) is 4.98 Å². The summed E-state index contributed by atoms with van der Waals surface area (Å²) in [5, 5.41) is 11.1. The maximum atomic E-state index is 9.92. The van der Waals surface area contributed by atoms with E-state index in [9.17, 15) is 5.11 Å². The van der Waals surface area contributed by atoms with Crippen LogP contribution in [0.1, 0.15) is 48.8 Å². The van der Waals surface area contributed by atoms with Crippen molar-refractivity contribution >= 4 is 16.5 Å². The van der Waals surface area contributed by atoms with Gasteiger partial charge < -0.3 is 10.0 Å². The van der Waals surface area contributed by atoms with Gasteiger partial charge >= 0.3 is 0 Å². The lowest BCUT2D eigenvalue weighted by Gasteiger charge is -2.25. The van der Waals surface area contributed by atoms with Crippen LogP contribution in [0.3, 0.4) is 0 Å². The van der Waals surface area contributed by atoms with E-state index < -0.39 is 0 Å². The summed E-state index contributed by atoms with van der Waals surface area (Å²) < 4.78 is 0. The first-order valence-corrected chi connectivity index (χ1v) is 7.09. The predicted molar refractivity (Wildman–Crippen MR) is 66.1 cm³/mol. The second-order valence-electron chi connectivity index (χ2n) is 4.76. The van der Waals surface area contributed by atoms with E-state index in [1.54, 1.807) is 11.3 Å². The molecule has 1 fully saturated rings. The number of aliphatic hydroxyl groups excluding tert-OH is 1. The number of fused-ring (bicyclic) bond motifs is 1. The molecular formula is C12H18N2OS. The summed E-state index contributed by atoms with van der Waals surface area (Å²) in [5.74, 6) is 0. The Bertz CT molecular complexity index is 371. The molecule has 4 heteroatoms. The third kappa shape index (κ3) is 1.84. The van der Waals surface area contributed by atoms with Crippen molar-refractivity contribution in [2.75, 3.05) is 18.0 Å². The highest BCUT2D eigenvalue weighted by molar-refractivity contribution is 7.15. The topological polar surface area (TPSA) is 36.4 Å². The zero-order valence-electron chi connectivity index (χ0n) is 9.48. The van der Waals surface area contributed by atoms with E-state index in [0.29, 0.717) is 0 Å². The van der Waals surface area contributed by atoms with E-state index in [1.807, 2.05) is 0 Å². The first-order valence-electron chi connectivity index (χ1n) is 6.27. The first kappa shape index (κ1) is 10.5. The summed E-state index contributed by atoms with van der Waals surface area (Å²) in [7, 11) is 0. The average Bonchev–Trinajstić information content (AvgIpc) is 2.76. The van der Waals surface area contributed by atoms with Crippen molar-refractivity contribution in [3.63, 3.8) is 0 Å². The van der Waals surface area contributed by atoms with Crippen LogP contribution in [-0.4, -0.2) is 23.2 Å². The minimum absolute atomic E-state index is 0.250. The number of piperidine rings is 1. The molecule has 3 nitrogen and oxygen atoms in total. The summed E-state index contributed by atoms with van der Waals surface area (Å²) in [4.78, 5) is 8.23. The molecule has 1 N–H and O–H groups in total. The Morgan fingerprint density at radius 3 is 2.75 bits per heavy atom. The maximum Gasteiger partial charge on any atom is 0.185 e. The molecule has 2 heterocycles. The zero-order chi connectivity index (χ0) is 11.0. The Balaban J connectivity index is 1.85. The molecule has 2 aliphatic rings. The lowest BCUT2D eigenvalue weighted by molar-refractivity contribution is 0.160. The molecule has 0 spiro atoms. The number of hydrogen-bond acceptors (Lipinski definition) is 4. The van der Waals surface area contributed by atoms with E-state index in [2.05, 4.69) is 4.90 Å².